The molecule has 1 aliphatic heterocycles. The number of aryl methyl sites for hydroxylation is 2. The van der Waals surface area contributed by atoms with Crippen LogP contribution in [0.1, 0.15) is 0 Å². The highest BCUT2D eigenvalue weighted by Crippen LogP contribution is 2.28. The fraction of sp³-hybridized carbons (Fsp3) is 0.421. The maximum atomic E-state index is 12.9. The highest BCUT2D eigenvalue weighted by molar-refractivity contribution is 5.69. The zero-order valence-electron chi connectivity index (χ0n) is 16.3. The van der Waals surface area contributed by atoms with Crippen molar-refractivity contribution in [3.05, 3.63) is 51.4 Å². The molecule has 0 aliphatic carbocycles. The lowest BCUT2D eigenvalue weighted by Gasteiger charge is -2.36. The van der Waals surface area contributed by atoms with E-state index in [4.69, 9.17) is 4.74 Å². The van der Waals surface area contributed by atoms with E-state index in [0.717, 1.165) is 37.6 Å². The van der Waals surface area contributed by atoms with Crippen LogP contribution in [-0.2, 0) is 20.8 Å². The first-order valence-corrected chi connectivity index (χ1v) is 9.22. The van der Waals surface area contributed by atoms with Gasteiger partial charge in [-0.1, -0.05) is 12.1 Å². The van der Waals surface area contributed by atoms with Crippen molar-refractivity contribution in [2.24, 2.45) is 14.1 Å². The molecule has 0 N–H and O–H groups in total. The van der Waals surface area contributed by atoms with Gasteiger partial charge in [-0.05, 0) is 12.1 Å². The fourth-order valence-electron chi connectivity index (χ4n) is 3.74. The molecule has 0 amide bonds. The molecule has 28 heavy (non-hydrogen) atoms. The summed E-state index contributed by atoms with van der Waals surface area (Å²) in [7, 11) is 5.08. The molecule has 1 aromatic carbocycles. The molecule has 3 heterocycles. The molecule has 3 aromatic rings. The van der Waals surface area contributed by atoms with Crippen LogP contribution in [-0.4, -0.2) is 56.9 Å². The zero-order chi connectivity index (χ0) is 19.8. The van der Waals surface area contributed by atoms with Crippen LogP contribution in [0.3, 0.4) is 0 Å². The first-order valence-electron chi connectivity index (χ1n) is 9.22. The molecule has 9 heteroatoms. The Balaban J connectivity index is 1.55. The molecule has 148 valence electrons. The van der Waals surface area contributed by atoms with Crippen LogP contribution in [0.5, 0.6) is 5.75 Å². The number of para-hydroxylation sites is 2. The van der Waals surface area contributed by atoms with E-state index in [1.807, 2.05) is 24.3 Å². The van der Waals surface area contributed by atoms with E-state index >= 15 is 0 Å². The Bertz CT molecular complexity index is 1120. The molecule has 2 aromatic heterocycles. The van der Waals surface area contributed by atoms with E-state index in [-0.39, 0.29) is 17.9 Å². The summed E-state index contributed by atoms with van der Waals surface area (Å²) in [5, 5.41) is 0. The summed E-state index contributed by atoms with van der Waals surface area (Å²) in [6, 6.07) is 7.95. The molecule has 1 fully saturated rings. The molecule has 1 aliphatic rings. The van der Waals surface area contributed by atoms with Crippen molar-refractivity contribution < 1.29 is 4.74 Å². The molecular weight excluding hydrogens is 360 g/mol. The van der Waals surface area contributed by atoms with Crippen LogP contribution in [0.2, 0.25) is 0 Å². The smallest absolute Gasteiger partial charge is 0.333 e. The summed E-state index contributed by atoms with van der Waals surface area (Å²) in [4.78, 5) is 34.1. The van der Waals surface area contributed by atoms with Crippen LogP contribution in [0.25, 0.3) is 11.2 Å². The van der Waals surface area contributed by atoms with Gasteiger partial charge in [-0.25, -0.2) is 14.3 Å². The minimum absolute atomic E-state index is 0.270. The van der Waals surface area contributed by atoms with E-state index in [1.54, 1.807) is 32.1 Å². The molecule has 9 nitrogen and oxygen atoms in total. The van der Waals surface area contributed by atoms with E-state index in [1.165, 1.54) is 9.13 Å². The number of methoxy groups -OCH3 is 1. The van der Waals surface area contributed by atoms with Gasteiger partial charge in [0.15, 0.2) is 11.2 Å². The van der Waals surface area contributed by atoms with E-state index in [2.05, 4.69) is 14.8 Å². The topological polar surface area (TPSA) is 77.5 Å². The number of nitrogens with zero attached hydrogens (tertiary/aromatic N) is 6. The minimum Gasteiger partial charge on any atom is -0.495 e. The van der Waals surface area contributed by atoms with E-state index in [0.29, 0.717) is 11.2 Å². The fourth-order valence-corrected chi connectivity index (χ4v) is 3.74. The minimum atomic E-state index is -0.344. The Morgan fingerprint density at radius 2 is 1.79 bits per heavy atom. The number of fused-ring (bicyclic) bond motifs is 1. The number of aromatic nitrogens is 4. The summed E-state index contributed by atoms with van der Waals surface area (Å²) in [6.45, 7) is 3.35. The molecule has 0 saturated carbocycles. The third-order valence-corrected chi connectivity index (χ3v) is 5.34. The van der Waals surface area contributed by atoms with Crippen molar-refractivity contribution in [1.82, 2.24) is 23.6 Å². The normalized spacial score (nSPS) is 15.3. The molecule has 0 unspecified atom stereocenters. The third-order valence-electron chi connectivity index (χ3n) is 5.34. The van der Waals surface area contributed by atoms with Crippen molar-refractivity contribution in [2.75, 3.05) is 38.2 Å². The van der Waals surface area contributed by atoms with Crippen molar-refractivity contribution in [2.45, 2.75) is 6.67 Å². The maximum absolute atomic E-state index is 12.9. The van der Waals surface area contributed by atoms with Crippen LogP contribution in [0.15, 0.2) is 40.2 Å². The molecule has 0 spiro atoms. The van der Waals surface area contributed by atoms with E-state index < -0.39 is 0 Å². The van der Waals surface area contributed by atoms with Gasteiger partial charge >= 0.3 is 5.69 Å². The highest BCUT2D eigenvalue weighted by Gasteiger charge is 2.22. The maximum Gasteiger partial charge on any atom is 0.333 e. The molecule has 0 radical (unpaired) electrons. The Morgan fingerprint density at radius 3 is 2.50 bits per heavy atom. The highest BCUT2D eigenvalue weighted by atomic mass is 16.5. The van der Waals surface area contributed by atoms with Gasteiger partial charge in [0, 0.05) is 40.3 Å². The predicted molar refractivity (Wildman–Crippen MR) is 107 cm³/mol. The van der Waals surface area contributed by atoms with Crippen LogP contribution in [0.4, 0.5) is 5.69 Å². The standard InChI is InChI=1S/C19H24N6O3/c1-21-12-20-17-16(21)18(26)25(19(27)22(17)2)13-23-8-10-24(11-9-23)14-6-4-5-7-15(14)28-3/h4-7,12H,8-11,13H2,1-3H3. The largest absolute Gasteiger partial charge is 0.495 e. The first-order chi connectivity index (χ1) is 13.5. The number of anilines is 1. The van der Waals surface area contributed by atoms with Gasteiger partial charge in [0.25, 0.3) is 5.56 Å². The van der Waals surface area contributed by atoms with Gasteiger partial charge in [0.2, 0.25) is 0 Å². The average molecular weight is 384 g/mol. The number of hydrogen-bond acceptors (Lipinski definition) is 6. The second-order valence-electron chi connectivity index (χ2n) is 7.02. The number of rotatable bonds is 4. The van der Waals surface area contributed by atoms with Crippen molar-refractivity contribution in [3.8, 4) is 5.75 Å². The SMILES string of the molecule is COc1ccccc1N1CCN(Cn2c(=O)c3c(ncn3C)n(C)c2=O)CC1. The quantitative estimate of drug-likeness (QED) is 0.641. The second-order valence-corrected chi connectivity index (χ2v) is 7.02. The van der Waals surface area contributed by atoms with E-state index in [9.17, 15) is 9.59 Å². The Labute approximate surface area is 162 Å². The monoisotopic (exact) mass is 384 g/mol. The number of imidazole rings is 1. The number of ether oxygens (including phenoxy) is 1. The summed E-state index contributed by atoms with van der Waals surface area (Å²) in [5.74, 6) is 0.850. The molecule has 0 bridgehead atoms. The second kappa shape index (κ2) is 7.16. The summed E-state index contributed by atoms with van der Waals surface area (Å²) >= 11 is 0. The van der Waals surface area contributed by atoms with Gasteiger partial charge in [-0.3, -0.25) is 14.3 Å². The van der Waals surface area contributed by atoms with Crippen LogP contribution in [0, 0.1) is 0 Å². The lowest BCUT2D eigenvalue weighted by Crippen LogP contribution is -2.50. The third kappa shape index (κ3) is 2.97. The Morgan fingerprint density at radius 1 is 1.07 bits per heavy atom. The van der Waals surface area contributed by atoms with Gasteiger partial charge in [0.05, 0.1) is 25.8 Å². The van der Waals surface area contributed by atoms with Gasteiger partial charge in [-0.15, -0.1) is 0 Å². The van der Waals surface area contributed by atoms with Crippen LogP contribution < -0.4 is 20.9 Å². The predicted octanol–water partition coefficient (Wildman–Crippen LogP) is 0.222. The molecule has 4 rings (SSSR count). The number of benzene rings is 1. The lowest BCUT2D eigenvalue weighted by molar-refractivity contribution is 0.198. The molecule has 0 atom stereocenters. The van der Waals surface area contributed by atoms with Gasteiger partial charge in [0.1, 0.15) is 5.75 Å². The molecule has 1 saturated heterocycles. The molecular formula is C19H24N6O3. The van der Waals surface area contributed by atoms with Gasteiger partial charge < -0.3 is 14.2 Å². The first kappa shape index (κ1) is 18.3. The Hall–Kier alpha value is -3.07. The summed E-state index contributed by atoms with van der Waals surface area (Å²) in [5.41, 5.74) is 1.27. The lowest BCUT2D eigenvalue weighted by atomic mass is 10.2. The average Bonchev–Trinajstić information content (AvgIpc) is 3.12. The van der Waals surface area contributed by atoms with Crippen molar-refractivity contribution in [1.29, 1.82) is 0 Å². The number of hydrogen-bond donors (Lipinski definition) is 0. The summed E-state index contributed by atoms with van der Waals surface area (Å²) in [6.07, 6.45) is 1.56. The van der Waals surface area contributed by atoms with Crippen molar-refractivity contribution in [3.63, 3.8) is 0 Å². The van der Waals surface area contributed by atoms with Crippen molar-refractivity contribution >= 4 is 16.9 Å². The zero-order valence-corrected chi connectivity index (χ0v) is 16.3. The Kier molecular flexibility index (Phi) is 4.68. The van der Waals surface area contributed by atoms with Crippen LogP contribution >= 0.6 is 0 Å². The van der Waals surface area contributed by atoms with Gasteiger partial charge in [-0.2, -0.15) is 0 Å². The summed E-state index contributed by atoms with van der Waals surface area (Å²) < 4.78 is 9.84. The number of piperazine rings is 1.